The van der Waals surface area contributed by atoms with Crippen molar-refractivity contribution in [2.45, 2.75) is 25.7 Å². The van der Waals surface area contributed by atoms with E-state index in [1.165, 1.54) is 16.9 Å². The fourth-order valence-electron chi connectivity index (χ4n) is 4.88. The topological polar surface area (TPSA) is 37.4 Å². The molecule has 0 saturated heterocycles. The molecule has 0 radical (unpaired) electrons. The normalized spacial score (nSPS) is 31.1. The fraction of sp³-hybridized carbons (Fsp3) is 0.400. The lowest BCUT2D eigenvalue weighted by Gasteiger charge is -2.24. The molecule has 1 aliphatic heterocycles. The van der Waals surface area contributed by atoms with Gasteiger partial charge in [0.15, 0.2) is 0 Å². The zero-order valence-electron chi connectivity index (χ0n) is 13.0. The van der Waals surface area contributed by atoms with Gasteiger partial charge in [-0.1, -0.05) is 36.4 Å². The van der Waals surface area contributed by atoms with E-state index >= 15 is 0 Å². The summed E-state index contributed by atoms with van der Waals surface area (Å²) in [5.74, 6) is 1.58. The minimum Gasteiger partial charge on any atom is -0.274 e. The highest BCUT2D eigenvalue weighted by molar-refractivity contribution is 6.36. The average Bonchev–Trinajstić information content (AvgIpc) is 3.25. The van der Waals surface area contributed by atoms with Gasteiger partial charge in [-0.15, -0.1) is 0 Å². The van der Waals surface area contributed by atoms with Gasteiger partial charge in [0.1, 0.15) is 0 Å². The molecule has 5 rings (SSSR count). The Morgan fingerprint density at radius 1 is 1.00 bits per heavy atom. The van der Waals surface area contributed by atoms with Crippen LogP contribution in [0.5, 0.6) is 0 Å². The van der Waals surface area contributed by atoms with Crippen LogP contribution in [0.4, 0.5) is 0 Å². The Hall–Kier alpha value is -2.16. The molecule has 4 aliphatic rings. The summed E-state index contributed by atoms with van der Waals surface area (Å²) in [7, 11) is 0. The van der Waals surface area contributed by atoms with Gasteiger partial charge in [-0.25, -0.2) is 0 Å². The standard InChI is InChI=1S/C20H19NO2/c22-19-17-8-7-13-3-1-2-4-16(13)18(17)20(23)21(19)11-15-10-12-5-6-14(15)9-12/h1-6,12,14-15H,7-11H2. The minimum absolute atomic E-state index is 0.0359. The first-order valence-corrected chi connectivity index (χ1v) is 8.58. The van der Waals surface area contributed by atoms with Crippen LogP contribution in [0, 0.1) is 17.8 Å². The summed E-state index contributed by atoms with van der Waals surface area (Å²) >= 11 is 0. The van der Waals surface area contributed by atoms with E-state index in [1.807, 2.05) is 18.2 Å². The molecule has 3 heteroatoms. The van der Waals surface area contributed by atoms with Crippen molar-refractivity contribution in [2.75, 3.05) is 6.54 Å². The van der Waals surface area contributed by atoms with Gasteiger partial charge in [0.25, 0.3) is 11.8 Å². The van der Waals surface area contributed by atoms with E-state index in [2.05, 4.69) is 18.2 Å². The summed E-state index contributed by atoms with van der Waals surface area (Å²) in [6, 6.07) is 8.01. The second-order valence-electron chi connectivity index (χ2n) is 7.27. The molecular weight excluding hydrogens is 286 g/mol. The van der Waals surface area contributed by atoms with Crippen LogP contribution in [0.1, 0.15) is 30.4 Å². The van der Waals surface area contributed by atoms with Gasteiger partial charge in [0.2, 0.25) is 0 Å². The molecule has 1 fully saturated rings. The van der Waals surface area contributed by atoms with Gasteiger partial charge < -0.3 is 0 Å². The molecule has 3 nitrogen and oxygen atoms in total. The zero-order valence-corrected chi connectivity index (χ0v) is 13.0. The summed E-state index contributed by atoms with van der Waals surface area (Å²) in [5.41, 5.74) is 3.59. The number of allylic oxidation sites excluding steroid dienone is 2. The molecule has 1 saturated carbocycles. The van der Waals surface area contributed by atoms with E-state index in [0.717, 1.165) is 24.0 Å². The van der Waals surface area contributed by atoms with Crippen LogP contribution >= 0.6 is 0 Å². The van der Waals surface area contributed by atoms with Crippen LogP contribution in [-0.2, 0) is 16.0 Å². The van der Waals surface area contributed by atoms with E-state index in [9.17, 15) is 9.59 Å². The third kappa shape index (κ3) is 1.82. The second-order valence-corrected chi connectivity index (χ2v) is 7.27. The summed E-state index contributed by atoms with van der Waals surface area (Å²) in [6.07, 6.45) is 8.47. The molecule has 3 atom stereocenters. The first kappa shape index (κ1) is 13.3. The molecule has 1 heterocycles. The number of imide groups is 1. The molecule has 3 unspecified atom stereocenters. The summed E-state index contributed by atoms with van der Waals surface area (Å²) in [5, 5.41) is 0. The van der Waals surface area contributed by atoms with Gasteiger partial charge in [0.05, 0.1) is 5.57 Å². The predicted octanol–water partition coefficient (Wildman–Crippen LogP) is 2.97. The lowest BCUT2D eigenvalue weighted by Crippen LogP contribution is -2.37. The Balaban J connectivity index is 1.46. The summed E-state index contributed by atoms with van der Waals surface area (Å²) in [6.45, 7) is 0.596. The molecule has 1 aromatic carbocycles. The van der Waals surface area contributed by atoms with E-state index in [0.29, 0.717) is 36.3 Å². The van der Waals surface area contributed by atoms with Crippen LogP contribution in [-0.4, -0.2) is 23.3 Å². The maximum absolute atomic E-state index is 12.9. The highest BCUT2D eigenvalue weighted by atomic mass is 16.2. The molecule has 116 valence electrons. The van der Waals surface area contributed by atoms with Crippen LogP contribution in [0.2, 0.25) is 0 Å². The second kappa shape index (κ2) is 4.67. The Labute approximate surface area is 135 Å². The number of fused-ring (bicyclic) bond motifs is 4. The van der Waals surface area contributed by atoms with Crippen molar-refractivity contribution in [2.24, 2.45) is 17.8 Å². The average molecular weight is 305 g/mol. The van der Waals surface area contributed by atoms with Gasteiger partial charge >= 0.3 is 0 Å². The maximum Gasteiger partial charge on any atom is 0.261 e. The minimum atomic E-state index is -0.0658. The molecule has 3 aliphatic carbocycles. The van der Waals surface area contributed by atoms with Crippen LogP contribution < -0.4 is 0 Å². The van der Waals surface area contributed by atoms with Crippen LogP contribution in [0.3, 0.4) is 0 Å². The maximum atomic E-state index is 12.9. The predicted molar refractivity (Wildman–Crippen MR) is 87.2 cm³/mol. The van der Waals surface area contributed by atoms with Gasteiger partial charge in [0, 0.05) is 12.1 Å². The highest BCUT2D eigenvalue weighted by Crippen LogP contribution is 2.45. The highest BCUT2D eigenvalue weighted by Gasteiger charge is 2.44. The van der Waals surface area contributed by atoms with E-state index in [1.54, 1.807) is 0 Å². The Morgan fingerprint density at radius 2 is 1.87 bits per heavy atom. The van der Waals surface area contributed by atoms with Crippen molar-refractivity contribution in [1.82, 2.24) is 4.90 Å². The van der Waals surface area contributed by atoms with Crippen molar-refractivity contribution < 1.29 is 9.59 Å². The van der Waals surface area contributed by atoms with E-state index in [-0.39, 0.29) is 11.8 Å². The van der Waals surface area contributed by atoms with E-state index in [4.69, 9.17) is 0 Å². The van der Waals surface area contributed by atoms with Crippen LogP contribution in [0.15, 0.2) is 42.0 Å². The Bertz CT molecular complexity index is 789. The Morgan fingerprint density at radius 3 is 2.65 bits per heavy atom. The lowest BCUT2D eigenvalue weighted by molar-refractivity contribution is -0.137. The van der Waals surface area contributed by atoms with Gasteiger partial charge in [-0.3, -0.25) is 14.5 Å². The molecule has 1 aromatic rings. The van der Waals surface area contributed by atoms with E-state index < -0.39 is 0 Å². The number of carbonyl (C=O) groups is 2. The molecule has 2 amide bonds. The van der Waals surface area contributed by atoms with Crippen molar-refractivity contribution >= 4 is 17.4 Å². The number of carbonyl (C=O) groups excluding carboxylic acids is 2. The SMILES string of the molecule is O=C1C2=C(C(=O)N1CC1CC3C=CC1C3)c1ccccc1CC2. The Kier molecular flexibility index (Phi) is 2.70. The quantitative estimate of drug-likeness (QED) is 0.622. The van der Waals surface area contributed by atoms with Crippen molar-refractivity contribution in [1.29, 1.82) is 0 Å². The van der Waals surface area contributed by atoms with Crippen molar-refractivity contribution in [3.8, 4) is 0 Å². The van der Waals surface area contributed by atoms with Gasteiger partial charge in [-0.2, -0.15) is 0 Å². The van der Waals surface area contributed by atoms with Crippen molar-refractivity contribution in [3.05, 3.63) is 53.1 Å². The number of nitrogens with zero attached hydrogens (tertiary/aromatic N) is 1. The summed E-state index contributed by atoms with van der Waals surface area (Å²) < 4.78 is 0. The number of benzene rings is 1. The molecule has 2 bridgehead atoms. The number of rotatable bonds is 2. The molecular formula is C20H19NO2. The summed E-state index contributed by atoms with van der Waals surface area (Å²) in [4.78, 5) is 27.3. The molecule has 0 spiro atoms. The third-order valence-electron chi connectivity index (χ3n) is 6.03. The largest absolute Gasteiger partial charge is 0.274 e. The molecule has 23 heavy (non-hydrogen) atoms. The zero-order chi connectivity index (χ0) is 15.6. The number of hydrogen-bond acceptors (Lipinski definition) is 2. The van der Waals surface area contributed by atoms with Gasteiger partial charge in [-0.05, 0) is 54.6 Å². The number of aryl methyl sites for hydroxylation is 1. The first-order valence-electron chi connectivity index (χ1n) is 8.58. The number of hydrogen-bond donors (Lipinski definition) is 0. The van der Waals surface area contributed by atoms with Crippen molar-refractivity contribution in [3.63, 3.8) is 0 Å². The fourth-order valence-corrected chi connectivity index (χ4v) is 4.88. The monoisotopic (exact) mass is 305 g/mol. The first-order chi connectivity index (χ1) is 11.2. The number of amides is 2. The van der Waals surface area contributed by atoms with Crippen LogP contribution in [0.25, 0.3) is 5.57 Å². The smallest absolute Gasteiger partial charge is 0.261 e. The molecule has 0 aromatic heterocycles. The lowest BCUT2D eigenvalue weighted by atomic mass is 9.87. The third-order valence-corrected chi connectivity index (χ3v) is 6.03. The molecule has 0 N–H and O–H groups in total.